The molecule has 1 aliphatic rings. The van der Waals surface area contributed by atoms with E-state index in [1.54, 1.807) is 0 Å². The SMILES string of the molecule is CCC[CH2][Sn][CH2]OC1CCC1. The third kappa shape index (κ3) is 4.36. The van der Waals surface area contributed by atoms with Gasteiger partial charge in [-0.2, -0.15) is 0 Å². The molecule has 0 aromatic carbocycles. The first-order valence-corrected chi connectivity index (χ1v) is 8.79. The van der Waals surface area contributed by atoms with E-state index < -0.39 is 0 Å². The Kier molecular flexibility index (Phi) is 5.63. The van der Waals surface area contributed by atoms with Crippen LogP contribution in [0.15, 0.2) is 0 Å². The Morgan fingerprint density at radius 1 is 1.45 bits per heavy atom. The second kappa shape index (κ2) is 6.29. The molecule has 64 valence electrons. The molecule has 0 aromatic rings. The molecule has 0 heterocycles. The Labute approximate surface area is 80.1 Å². The topological polar surface area (TPSA) is 9.23 Å². The molecule has 0 N–H and O–H groups in total. The molecule has 0 atom stereocenters. The minimum atomic E-state index is -0.0884. The van der Waals surface area contributed by atoms with Crippen LogP contribution < -0.4 is 0 Å². The van der Waals surface area contributed by atoms with Crippen LogP contribution in [-0.4, -0.2) is 31.9 Å². The summed E-state index contributed by atoms with van der Waals surface area (Å²) in [5.41, 5.74) is 0. The van der Waals surface area contributed by atoms with Crippen LogP contribution >= 0.6 is 0 Å². The molecule has 1 fully saturated rings. The molecule has 0 bridgehead atoms. The van der Waals surface area contributed by atoms with Crippen molar-refractivity contribution in [2.75, 3.05) is 4.62 Å². The van der Waals surface area contributed by atoms with E-state index >= 15 is 0 Å². The van der Waals surface area contributed by atoms with Crippen molar-refractivity contribution in [2.24, 2.45) is 0 Å². The van der Waals surface area contributed by atoms with Gasteiger partial charge in [-0.15, -0.1) is 0 Å². The summed E-state index contributed by atoms with van der Waals surface area (Å²) < 4.78 is 8.40. The van der Waals surface area contributed by atoms with Gasteiger partial charge < -0.3 is 0 Å². The normalized spacial score (nSPS) is 18.3. The van der Waals surface area contributed by atoms with Gasteiger partial charge in [0.15, 0.2) is 0 Å². The van der Waals surface area contributed by atoms with Crippen molar-refractivity contribution in [3.05, 3.63) is 0 Å². The van der Waals surface area contributed by atoms with Gasteiger partial charge in [0.1, 0.15) is 0 Å². The van der Waals surface area contributed by atoms with E-state index in [0.29, 0.717) is 6.10 Å². The molecule has 0 aromatic heterocycles. The summed E-state index contributed by atoms with van der Waals surface area (Å²) >= 11 is -0.0884. The fourth-order valence-electron chi connectivity index (χ4n) is 1.09. The quantitative estimate of drug-likeness (QED) is 0.527. The number of rotatable bonds is 6. The third-order valence-corrected chi connectivity index (χ3v) is 5.26. The zero-order chi connectivity index (χ0) is 7.94. The van der Waals surface area contributed by atoms with Crippen molar-refractivity contribution in [3.8, 4) is 0 Å². The molecule has 2 heteroatoms. The molecular weight excluding hydrogens is 243 g/mol. The monoisotopic (exact) mass is 262 g/mol. The van der Waals surface area contributed by atoms with Crippen LogP contribution in [0.5, 0.6) is 0 Å². The number of ether oxygens (including phenoxy) is 1. The summed E-state index contributed by atoms with van der Waals surface area (Å²) in [6, 6.07) is 0. The Morgan fingerprint density at radius 2 is 2.27 bits per heavy atom. The van der Waals surface area contributed by atoms with E-state index in [2.05, 4.69) is 6.92 Å². The fraction of sp³-hybridized carbons (Fsp3) is 1.00. The second-order valence-electron chi connectivity index (χ2n) is 3.22. The van der Waals surface area contributed by atoms with Gasteiger partial charge >= 0.3 is 80.1 Å². The van der Waals surface area contributed by atoms with Crippen molar-refractivity contribution in [1.82, 2.24) is 0 Å². The van der Waals surface area contributed by atoms with Crippen LogP contribution in [0.1, 0.15) is 39.0 Å². The van der Waals surface area contributed by atoms with Crippen LogP contribution in [0.25, 0.3) is 0 Å². The minimum absolute atomic E-state index is 0.0884. The maximum absolute atomic E-state index is 5.70. The number of hydrogen-bond donors (Lipinski definition) is 0. The van der Waals surface area contributed by atoms with Crippen LogP contribution in [0, 0.1) is 0 Å². The van der Waals surface area contributed by atoms with E-state index in [-0.39, 0.29) is 21.1 Å². The Balaban J connectivity index is 1.73. The van der Waals surface area contributed by atoms with Crippen LogP contribution in [0.4, 0.5) is 0 Å². The zero-order valence-electron chi connectivity index (χ0n) is 7.44. The summed E-state index contributed by atoms with van der Waals surface area (Å²) in [6.45, 7) is 2.27. The van der Waals surface area contributed by atoms with Gasteiger partial charge in [0.2, 0.25) is 0 Å². The molecule has 0 spiro atoms. The van der Waals surface area contributed by atoms with Gasteiger partial charge in [0.05, 0.1) is 0 Å². The van der Waals surface area contributed by atoms with Gasteiger partial charge in [-0.1, -0.05) is 0 Å². The van der Waals surface area contributed by atoms with Crippen LogP contribution in [0.2, 0.25) is 4.44 Å². The molecule has 2 radical (unpaired) electrons. The molecule has 1 aliphatic carbocycles. The van der Waals surface area contributed by atoms with Crippen molar-refractivity contribution in [2.45, 2.75) is 49.6 Å². The zero-order valence-corrected chi connectivity index (χ0v) is 10.3. The van der Waals surface area contributed by atoms with Crippen molar-refractivity contribution in [3.63, 3.8) is 0 Å². The fourth-order valence-corrected chi connectivity index (χ4v) is 4.23. The first-order valence-electron chi connectivity index (χ1n) is 4.76. The first-order chi connectivity index (χ1) is 5.43. The molecule has 1 rings (SSSR count). The predicted octanol–water partition coefficient (Wildman–Crippen LogP) is 2.44. The van der Waals surface area contributed by atoms with E-state index in [0.717, 1.165) is 0 Å². The Hall–Kier alpha value is 0.759. The van der Waals surface area contributed by atoms with Crippen molar-refractivity contribution >= 4 is 21.1 Å². The first kappa shape index (κ1) is 9.84. The molecule has 11 heavy (non-hydrogen) atoms. The van der Waals surface area contributed by atoms with E-state index in [1.165, 1.54) is 41.2 Å². The Morgan fingerprint density at radius 3 is 2.82 bits per heavy atom. The third-order valence-electron chi connectivity index (χ3n) is 2.18. The van der Waals surface area contributed by atoms with Crippen LogP contribution in [-0.2, 0) is 4.74 Å². The average molecular weight is 261 g/mol. The standard InChI is InChI=1S/C5H9O.C4H9.Sn/c1-6-5-3-2-4-5;1-3-4-2;/h5H,1-4H2;1,3-4H2,2H3;. The van der Waals surface area contributed by atoms with Crippen LogP contribution in [0.3, 0.4) is 0 Å². The average Bonchev–Trinajstić information content (AvgIpc) is 1.93. The molecule has 1 nitrogen and oxygen atoms in total. The molecule has 1 saturated carbocycles. The molecule has 0 unspecified atom stereocenters. The van der Waals surface area contributed by atoms with Crippen molar-refractivity contribution < 1.29 is 4.74 Å². The number of hydrogen-bond acceptors (Lipinski definition) is 1. The summed E-state index contributed by atoms with van der Waals surface area (Å²) in [5, 5.41) is 0. The summed E-state index contributed by atoms with van der Waals surface area (Å²) in [4.78, 5) is 0. The molecule has 0 amide bonds. The molecule has 0 aliphatic heterocycles. The summed E-state index contributed by atoms with van der Waals surface area (Å²) in [7, 11) is 0. The van der Waals surface area contributed by atoms with Gasteiger partial charge in [0, 0.05) is 0 Å². The summed E-state index contributed by atoms with van der Waals surface area (Å²) in [5.74, 6) is 0. The predicted molar refractivity (Wildman–Crippen MR) is 49.1 cm³/mol. The number of unbranched alkanes of at least 4 members (excludes halogenated alkanes) is 1. The van der Waals surface area contributed by atoms with Gasteiger partial charge in [0.25, 0.3) is 0 Å². The van der Waals surface area contributed by atoms with Gasteiger partial charge in [-0.05, 0) is 0 Å². The summed E-state index contributed by atoms with van der Waals surface area (Å²) in [6.07, 6.45) is 7.58. The second-order valence-corrected chi connectivity index (χ2v) is 6.90. The van der Waals surface area contributed by atoms with Gasteiger partial charge in [-0.3, -0.25) is 0 Å². The van der Waals surface area contributed by atoms with Gasteiger partial charge in [-0.25, -0.2) is 0 Å². The Bertz CT molecular complexity index is 91.6. The van der Waals surface area contributed by atoms with E-state index in [1.807, 2.05) is 0 Å². The maximum atomic E-state index is 5.70. The van der Waals surface area contributed by atoms with E-state index in [4.69, 9.17) is 4.74 Å². The van der Waals surface area contributed by atoms with E-state index in [9.17, 15) is 0 Å². The molecule has 0 saturated heterocycles. The molecular formula is C9H18OSn. The van der Waals surface area contributed by atoms with Crippen molar-refractivity contribution in [1.29, 1.82) is 0 Å².